The average Bonchev–Trinajstić information content (AvgIpc) is 3.00. The van der Waals surface area contributed by atoms with Crippen molar-refractivity contribution in [2.45, 2.75) is 32.4 Å². The minimum Gasteiger partial charge on any atom is -0.485 e. The predicted octanol–water partition coefficient (Wildman–Crippen LogP) is 2.11. The molecule has 3 rings (SSSR count). The molecule has 128 valence electrons. The molecule has 0 aliphatic heterocycles. The van der Waals surface area contributed by atoms with Gasteiger partial charge in [0.1, 0.15) is 5.75 Å². The summed E-state index contributed by atoms with van der Waals surface area (Å²) in [7, 11) is 1.69. The second-order valence-electron chi connectivity index (χ2n) is 5.92. The van der Waals surface area contributed by atoms with Crippen LogP contribution < -0.4 is 10.1 Å². The lowest BCUT2D eigenvalue weighted by atomic mass is 9.80. The first kappa shape index (κ1) is 16.4. The average molecular weight is 331 g/mol. The molecule has 1 N–H and O–H groups in total. The third kappa shape index (κ3) is 3.91. The molecule has 2 atom stereocenters. The molecule has 1 heterocycles. The molecule has 0 spiro atoms. The van der Waals surface area contributed by atoms with E-state index in [1.807, 2.05) is 0 Å². The minimum atomic E-state index is -0.0684. The molecule has 1 aliphatic rings. The summed E-state index contributed by atoms with van der Waals surface area (Å²) in [6.07, 6.45) is 2.10. The van der Waals surface area contributed by atoms with Gasteiger partial charge < -0.3 is 19.3 Å². The first-order valence-electron chi connectivity index (χ1n) is 7.97. The number of hydrogen-bond acceptors (Lipinski definition) is 6. The number of hydrogen-bond donors (Lipinski definition) is 1. The van der Waals surface area contributed by atoms with Crippen molar-refractivity contribution in [3.8, 4) is 5.75 Å². The van der Waals surface area contributed by atoms with Gasteiger partial charge in [-0.05, 0) is 37.1 Å². The van der Waals surface area contributed by atoms with Crippen molar-refractivity contribution in [2.75, 3.05) is 13.7 Å². The topological polar surface area (TPSA) is 86.5 Å². The summed E-state index contributed by atoms with van der Waals surface area (Å²) in [4.78, 5) is 16.3. The quantitative estimate of drug-likeness (QED) is 0.836. The lowest BCUT2D eigenvalue weighted by molar-refractivity contribution is 0.0670. The Labute approximate surface area is 140 Å². The van der Waals surface area contributed by atoms with Gasteiger partial charge in [0.05, 0.1) is 6.61 Å². The molecule has 7 heteroatoms. The second kappa shape index (κ2) is 7.44. The van der Waals surface area contributed by atoms with E-state index in [-0.39, 0.29) is 18.6 Å². The molecule has 1 aromatic carbocycles. The second-order valence-corrected chi connectivity index (χ2v) is 5.92. The summed E-state index contributed by atoms with van der Waals surface area (Å²) in [5.74, 6) is 1.99. The fourth-order valence-electron chi connectivity index (χ4n) is 2.67. The van der Waals surface area contributed by atoms with Crippen LogP contribution in [0.5, 0.6) is 5.75 Å². The number of methoxy groups -OCH3 is 1. The van der Waals surface area contributed by atoms with E-state index < -0.39 is 0 Å². The van der Waals surface area contributed by atoms with Gasteiger partial charge in [-0.3, -0.25) is 4.79 Å². The summed E-state index contributed by atoms with van der Waals surface area (Å²) < 4.78 is 15.6. The summed E-state index contributed by atoms with van der Waals surface area (Å²) in [6, 6.07) is 7.21. The Morgan fingerprint density at radius 3 is 2.71 bits per heavy atom. The molecule has 1 fully saturated rings. The molecule has 0 bridgehead atoms. The van der Waals surface area contributed by atoms with Crippen molar-refractivity contribution >= 4 is 5.91 Å². The van der Waals surface area contributed by atoms with Crippen molar-refractivity contribution in [2.24, 2.45) is 5.92 Å². The predicted molar refractivity (Wildman–Crippen MR) is 85.7 cm³/mol. The maximum Gasteiger partial charge on any atom is 0.251 e. The number of aryl methyl sites for hydroxylation is 1. The van der Waals surface area contributed by atoms with Crippen LogP contribution >= 0.6 is 0 Å². The molecule has 24 heavy (non-hydrogen) atoms. The molecule has 1 amide bonds. The molecular weight excluding hydrogens is 310 g/mol. The number of nitrogens with one attached hydrogen (secondary N) is 1. The number of nitrogens with zero attached hydrogens (tertiary/aromatic N) is 2. The van der Waals surface area contributed by atoms with Gasteiger partial charge in [0, 0.05) is 31.6 Å². The number of aromatic nitrogens is 2. The number of carbonyl (C=O) groups is 1. The van der Waals surface area contributed by atoms with Gasteiger partial charge >= 0.3 is 0 Å². The first-order valence-corrected chi connectivity index (χ1v) is 7.97. The molecule has 7 nitrogen and oxygen atoms in total. The summed E-state index contributed by atoms with van der Waals surface area (Å²) in [6.45, 7) is 2.64. The van der Waals surface area contributed by atoms with Crippen LogP contribution in [-0.4, -0.2) is 35.8 Å². The molecule has 0 unspecified atom stereocenters. The van der Waals surface area contributed by atoms with Gasteiger partial charge in [-0.15, -0.1) is 0 Å². The zero-order valence-electron chi connectivity index (χ0n) is 13.8. The Hall–Kier alpha value is -2.41. The van der Waals surface area contributed by atoms with Gasteiger partial charge in [0.2, 0.25) is 11.7 Å². The van der Waals surface area contributed by atoms with E-state index in [1.54, 1.807) is 38.3 Å². The van der Waals surface area contributed by atoms with Gasteiger partial charge in [0.15, 0.2) is 6.61 Å². The Morgan fingerprint density at radius 2 is 2.12 bits per heavy atom. The van der Waals surface area contributed by atoms with Crippen LogP contribution in [0.15, 0.2) is 28.8 Å². The van der Waals surface area contributed by atoms with Crippen LogP contribution in [0.4, 0.5) is 0 Å². The van der Waals surface area contributed by atoms with E-state index in [0.29, 0.717) is 35.6 Å². The zero-order chi connectivity index (χ0) is 16.9. The molecule has 1 saturated carbocycles. The van der Waals surface area contributed by atoms with E-state index in [0.717, 1.165) is 12.8 Å². The lowest BCUT2D eigenvalue weighted by Crippen LogP contribution is -2.48. The minimum absolute atomic E-state index is 0.0684. The first-order chi connectivity index (χ1) is 11.7. The van der Waals surface area contributed by atoms with Crippen LogP contribution in [0, 0.1) is 12.8 Å². The lowest BCUT2D eigenvalue weighted by Gasteiger charge is -2.36. The van der Waals surface area contributed by atoms with Crippen molar-refractivity contribution in [3.05, 3.63) is 41.5 Å². The van der Waals surface area contributed by atoms with Crippen LogP contribution in [0.2, 0.25) is 0 Å². The van der Waals surface area contributed by atoms with E-state index in [9.17, 15) is 4.79 Å². The molecule has 0 radical (unpaired) electrons. The highest BCUT2D eigenvalue weighted by Gasteiger charge is 2.31. The van der Waals surface area contributed by atoms with Gasteiger partial charge in [0.25, 0.3) is 5.91 Å². The van der Waals surface area contributed by atoms with Crippen molar-refractivity contribution in [1.82, 2.24) is 15.5 Å². The maximum atomic E-state index is 12.3. The van der Waals surface area contributed by atoms with Crippen LogP contribution in [0.3, 0.4) is 0 Å². The fraction of sp³-hybridized carbons (Fsp3) is 0.471. The largest absolute Gasteiger partial charge is 0.485 e. The van der Waals surface area contributed by atoms with Crippen LogP contribution in [0.1, 0.15) is 34.9 Å². The van der Waals surface area contributed by atoms with Gasteiger partial charge in [-0.2, -0.15) is 4.98 Å². The monoisotopic (exact) mass is 331 g/mol. The fourth-order valence-corrected chi connectivity index (χ4v) is 2.67. The maximum absolute atomic E-state index is 12.3. The summed E-state index contributed by atoms with van der Waals surface area (Å²) >= 11 is 0. The number of ether oxygens (including phenoxy) is 2. The smallest absolute Gasteiger partial charge is 0.251 e. The Morgan fingerprint density at radius 1 is 1.33 bits per heavy atom. The molecule has 1 aromatic heterocycles. The number of rotatable bonds is 7. The molecule has 2 aromatic rings. The molecular formula is C17H21N3O4. The third-order valence-corrected chi connectivity index (χ3v) is 4.17. The highest BCUT2D eigenvalue weighted by Crippen LogP contribution is 2.27. The number of benzene rings is 1. The Kier molecular flexibility index (Phi) is 5.10. The molecule has 1 aliphatic carbocycles. The van der Waals surface area contributed by atoms with Gasteiger partial charge in [-0.1, -0.05) is 5.16 Å². The molecule has 0 saturated heterocycles. The zero-order valence-corrected chi connectivity index (χ0v) is 13.8. The standard InChI is InChI=1S/C17H21N3O4/c1-11-18-16(20-24-11)10-23-14-6-3-12(4-7-14)17(21)19-15-8-5-13(15)9-22-2/h3-4,6-7,13,15H,5,8-10H2,1-2H3,(H,19,21)/t13-,15-/m1/s1. The summed E-state index contributed by atoms with van der Waals surface area (Å²) in [5, 5.41) is 6.82. The van der Waals surface area contributed by atoms with Crippen molar-refractivity contribution in [3.63, 3.8) is 0 Å². The Bertz CT molecular complexity index is 683. The van der Waals surface area contributed by atoms with E-state index in [1.165, 1.54) is 0 Å². The highest BCUT2D eigenvalue weighted by molar-refractivity contribution is 5.94. The number of carbonyl (C=O) groups excluding carboxylic acids is 1. The van der Waals surface area contributed by atoms with E-state index >= 15 is 0 Å². The highest BCUT2D eigenvalue weighted by atomic mass is 16.5. The van der Waals surface area contributed by atoms with Crippen LogP contribution in [0.25, 0.3) is 0 Å². The van der Waals surface area contributed by atoms with Crippen molar-refractivity contribution in [1.29, 1.82) is 0 Å². The van der Waals surface area contributed by atoms with Crippen molar-refractivity contribution < 1.29 is 18.8 Å². The van der Waals surface area contributed by atoms with E-state index in [4.69, 9.17) is 14.0 Å². The van der Waals surface area contributed by atoms with Gasteiger partial charge in [-0.25, -0.2) is 0 Å². The normalized spacial score (nSPS) is 19.6. The Balaban J connectivity index is 1.51. The summed E-state index contributed by atoms with van der Waals surface area (Å²) in [5.41, 5.74) is 0.612. The SMILES string of the molecule is COC[C@H]1CC[C@H]1NC(=O)c1ccc(OCc2noc(C)n2)cc1. The van der Waals surface area contributed by atoms with Crippen LogP contribution in [-0.2, 0) is 11.3 Å². The third-order valence-electron chi connectivity index (χ3n) is 4.17. The van der Waals surface area contributed by atoms with E-state index in [2.05, 4.69) is 15.5 Å². The number of amides is 1.